The van der Waals surface area contributed by atoms with Crippen molar-refractivity contribution in [2.75, 3.05) is 13.1 Å². The maximum Gasteiger partial charge on any atom is 0.280 e. The van der Waals surface area contributed by atoms with Crippen molar-refractivity contribution in [3.63, 3.8) is 0 Å². The third-order valence-corrected chi connectivity index (χ3v) is 5.92. The van der Waals surface area contributed by atoms with E-state index in [0.29, 0.717) is 19.1 Å². The molecule has 1 atom stereocenters. The molecule has 0 amide bonds. The Labute approximate surface area is 131 Å². The molecule has 120 valence electrons. The van der Waals surface area contributed by atoms with Crippen LogP contribution in [-0.4, -0.2) is 42.9 Å². The highest BCUT2D eigenvalue weighted by molar-refractivity contribution is 7.87. The second-order valence-electron chi connectivity index (χ2n) is 5.58. The normalized spacial score (nSPS) is 21.0. The third-order valence-electron chi connectivity index (χ3n) is 3.53. The lowest BCUT2D eigenvalue weighted by molar-refractivity contribution is 0.239. The van der Waals surface area contributed by atoms with Gasteiger partial charge in [-0.2, -0.15) is 17.4 Å². The topological polar surface area (TPSA) is 74.3 Å². The third kappa shape index (κ3) is 5.00. The summed E-state index contributed by atoms with van der Waals surface area (Å²) in [7, 11) is -3.45. The van der Waals surface area contributed by atoms with Crippen LogP contribution in [0.1, 0.15) is 38.1 Å². The second-order valence-corrected chi connectivity index (χ2v) is 8.26. The highest BCUT2D eigenvalue weighted by Gasteiger charge is 2.31. The van der Waals surface area contributed by atoms with E-state index in [2.05, 4.69) is 28.9 Å². The molecule has 2 N–H and O–H groups in total. The molecule has 1 saturated heterocycles. The van der Waals surface area contributed by atoms with Crippen molar-refractivity contribution in [2.24, 2.45) is 0 Å². The van der Waals surface area contributed by atoms with E-state index in [4.69, 9.17) is 0 Å². The SMILES string of the molecule is CC(C)NCC1CCCCN1S(=O)(=O)NCc1nccs1. The summed E-state index contributed by atoms with van der Waals surface area (Å²) in [5.41, 5.74) is 0. The number of piperidine rings is 1. The number of aromatic nitrogens is 1. The first kappa shape index (κ1) is 16.8. The molecule has 1 aromatic rings. The first-order chi connectivity index (χ1) is 9.99. The Kier molecular flexibility index (Phi) is 6.12. The molecule has 0 aromatic carbocycles. The summed E-state index contributed by atoms with van der Waals surface area (Å²) in [6.07, 6.45) is 4.61. The molecule has 0 aliphatic carbocycles. The molecule has 1 unspecified atom stereocenters. The van der Waals surface area contributed by atoms with Crippen molar-refractivity contribution in [1.82, 2.24) is 19.3 Å². The lowest BCUT2D eigenvalue weighted by atomic mass is 10.0. The Morgan fingerprint density at radius 2 is 2.29 bits per heavy atom. The Balaban J connectivity index is 1.97. The van der Waals surface area contributed by atoms with E-state index in [1.54, 1.807) is 10.5 Å². The average molecular weight is 332 g/mol. The summed E-state index contributed by atoms with van der Waals surface area (Å²) >= 11 is 1.46. The second kappa shape index (κ2) is 7.64. The van der Waals surface area contributed by atoms with Gasteiger partial charge in [0, 0.05) is 36.8 Å². The van der Waals surface area contributed by atoms with Crippen LogP contribution in [0.4, 0.5) is 0 Å². The molecule has 1 aliphatic rings. The Morgan fingerprint density at radius 3 is 2.95 bits per heavy atom. The molecule has 6 nitrogen and oxygen atoms in total. The maximum atomic E-state index is 12.5. The standard InChI is InChI=1S/C13H24N4O2S2/c1-11(2)15-9-12-5-3-4-7-17(12)21(18,19)16-10-13-14-6-8-20-13/h6,8,11-12,15-16H,3-5,7,9-10H2,1-2H3. The summed E-state index contributed by atoms with van der Waals surface area (Å²) in [5, 5.41) is 5.97. The van der Waals surface area contributed by atoms with Gasteiger partial charge in [0.05, 0.1) is 6.54 Å². The quantitative estimate of drug-likeness (QED) is 0.790. The molecule has 1 aliphatic heterocycles. The van der Waals surface area contributed by atoms with Gasteiger partial charge in [-0.25, -0.2) is 4.98 Å². The van der Waals surface area contributed by atoms with Gasteiger partial charge in [0.1, 0.15) is 5.01 Å². The van der Waals surface area contributed by atoms with Crippen LogP contribution in [0.25, 0.3) is 0 Å². The van der Waals surface area contributed by atoms with Gasteiger partial charge in [-0.3, -0.25) is 0 Å². The lowest BCUT2D eigenvalue weighted by Gasteiger charge is -2.35. The van der Waals surface area contributed by atoms with Crippen LogP contribution in [0, 0.1) is 0 Å². The zero-order chi connectivity index (χ0) is 15.3. The number of thiazole rings is 1. The average Bonchev–Trinajstić information content (AvgIpc) is 2.97. The monoisotopic (exact) mass is 332 g/mol. The molecule has 1 fully saturated rings. The van der Waals surface area contributed by atoms with Crippen LogP contribution in [0.15, 0.2) is 11.6 Å². The van der Waals surface area contributed by atoms with E-state index < -0.39 is 10.2 Å². The van der Waals surface area contributed by atoms with Gasteiger partial charge in [-0.1, -0.05) is 20.3 Å². The Bertz CT molecular complexity index is 516. The van der Waals surface area contributed by atoms with Gasteiger partial charge in [-0.15, -0.1) is 11.3 Å². The van der Waals surface area contributed by atoms with E-state index in [1.165, 1.54) is 11.3 Å². The van der Waals surface area contributed by atoms with Crippen molar-refractivity contribution in [3.8, 4) is 0 Å². The molecule has 2 heterocycles. The molecule has 21 heavy (non-hydrogen) atoms. The van der Waals surface area contributed by atoms with Gasteiger partial charge in [0.25, 0.3) is 10.2 Å². The minimum absolute atomic E-state index is 0.0370. The number of hydrogen-bond acceptors (Lipinski definition) is 5. The summed E-state index contributed by atoms with van der Waals surface area (Å²) in [4.78, 5) is 4.10. The van der Waals surface area contributed by atoms with Crippen LogP contribution in [0.2, 0.25) is 0 Å². The molecule has 0 saturated carbocycles. The summed E-state index contributed by atoms with van der Waals surface area (Å²) < 4.78 is 29.3. The largest absolute Gasteiger partial charge is 0.313 e. The predicted molar refractivity (Wildman–Crippen MR) is 85.4 cm³/mol. The summed E-state index contributed by atoms with van der Waals surface area (Å²) in [6.45, 7) is 5.71. The van der Waals surface area contributed by atoms with Gasteiger partial charge in [0.2, 0.25) is 0 Å². The first-order valence-corrected chi connectivity index (χ1v) is 9.69. The van der Waals surface area contributed by atoms with Crippen LogP contribution >= 0.6 is 11.3 Å². The van der Waals surface area contributed by atoms with Crippen LogP contribution in [0.3, 0.4) is 0 Å². The summed E-state index contributed by atoms with van der Waals surface area (Å²) in [6, 6.07) is 0.398. The van der Waals surface area contributed by atoms with Gasteiger partial charge in [0.15, 0.2) is 0 Å². The number of nitrogens with one attached hydrogen (secondary N) is 2. The van der Waals surface area contributed by atoms with Crippen molar-refractivity contribution in [2.45, 2.75) is 51.7 Å². The molecule has 0 radical (unpaired) electrons. The minimum Gasteiger partial charge on any atom is -0.313 e. The summed E-state index contributed by atoms with van der Waals surface area (Å²) in [5.74, 6) is 0. The fraction of sp³-hybridized carbons (Fsp3) is 0.769. The van der Waals surface area contributed by atoms with Crippen LogP contribution in [-0.2, 0) is 16.8 Å². The molecule has 8 heteroatoms. The van der Waals surface area contributed by atoms with Crippen molar-refractivity contribution in [3.05, 3.63) is 16.6 Å². The van der Waals surface area contributed by atoms with Crippen LogP contribution in [0.5, 0.6) is 0 Å². The molecular weight excluding hydrogens is 308 g/mol. The number of rotatable bonds is 7. The fourth-order valence-electron chi connectivity index (χ4n) is 2.44. The van der Waals surface area contributed by atoms with E-state index in [9.17, 15) is 8.42 Å². The highest BCUT2D eigenvalue weighted by Crippen LogP contribution is 2.19. The molecule has 0 bridgehead atoms. The van der Waals surface area contributed by atoms with Gasteiger partial charge < -0.3 is 5.32 Å². The van der Waals surface area contributed by atoms with E-state index in [1.807, 2.05) is 5.38 Å². The van der Waals surface area contributed by atoms with Crippen molar-refractivity contribution >= 4 is 21.5 Å². The smallest absolute Gasteiger partial charge is 0.280 e. The highest BCUT2D eigenvalue weighted by atomic mass is 32.2. The van der Waals surface area contributed by atoms with E-state index in [-0.39, 0.29) is 12.6 Å². The molecule has 1 aromatic heterocycles. The Hall–Kier alpha value is -0.540. The fourth-order valence-corrected chi connectivity index (χ4v) is 4.52. The zero-order valence-corrected chi connectivity index (χ0v) is 14.2. The Morgan fingerprint density at radius 1 is 1.48 bits per heavy atom. The van der Waals surface area contributed by atoms with Crippen LogP contribution < -0.4 is 10.0 Å². The molecule has 2 rings (SSSR count). The number of hydrogen-bond donors (Lipinski definition) is 2. The van der Waals surface area contributed by atoms with Crippen molar-refractivity contribution < 1.29 is 8.42 Å². The maximum absolute atomic E-state index is 12.5. The molecule has 0 spiro atoms. The number of nitrogens with zero attached hydrogens (tertiary/aromatic N) is 2. The van der Waals surface area contributed by atoms with Gasteiger partial charge in [-0.05, 0) is 12.8 Å². The minimum atomic E-state index is -3.45. The zero-order valence-electron chi connectivity index (χ0n) is 12.6. The first-order valence-electron chi connectivity index (χ1n) is 7.37. The van der Waals surface area contributed by atoms with E-state index >= 15 is 0 Å². The molecular formula is C13H24N4O2S2. The van der Waals surface area contributed by atoms with Crippen molar-refractivity contribution in [1.29, 1.82) is 0 Å². The lowest BCUT2D eigenvalue weighted by Crippen LogP contribution is -2.52. The predicted octanol–water partition coefficient (Wildman–Crippen LogP) is 1.33. The van der Waals surface area contributed by atoms with Gasteiger partial charge >= 0.3 is 0 Å². The van der Waals surface area contributed by atoms with E-state index in [0.717, 1.165) is 24.3 Å².